The van der Waals surface area contributed by atoms with Gasteiger partial charge in [0.15, 0.2) is 6.29 Å². The zero-order chi connectivity index (χ0) is 12.3. The van der Waals surface area contributed by atoms with E-state index in [9.17, 15) is 14.4 Å². The van der Waals surface area contributed by atoms with Crippen LogP contribution in [-0.4, -0.2) is 33.4 Å². The SMILES string of the molecule is Cc1c(C=O)[nH]c(C(=O)O)c1CCC(=O)O. The summed E-state index contributed by atoms with van der Waals surface area (Å²) in [6.45, 7) is 1.59. The quantitative estimate of drug-likeness (QED) is 0.644. The molecule has 0 saturated heterocycles. The fourth-order valence-electron chi connectivity index (χ4n) is 1.50. The molecule has 0 aromatic carbocycles. The van der Waals surface area contributed by atoms with Gasteiger partial charge < -0.3 is 15.2 Å². The minimum absolute atomic E-state index is 0.0904. The Labute approximate surface area is 90.9 Å². The van der Waals surface area contributed by atoms with Gasteiger partial charge in [0.25, 0.3) is 0 Å². The lowest BCUT2D eigenvalue weighted by atomic mass is 10.0. The number of hydrogen-bond donors (Lipinski definition) is 3. The molecule has 16 heavy (non-hydrogen) atoms. The van der Waals surface area contributed by atoms with Crippen LogP contribution in [0, 0.1) is 6.92 Å². The van der Waals surface area contributed by atoms with Crippen molar-refractivity contribution >= 4 is 18.2 Å². The molecule has 0 atom stereocenters. The van der Waals surface area contributed by atoms with Gasteiger partial charge in [0.05, 0.1) is 5.69 Å². The monoisotopic (exact) mass is 225 g/mol. The second-order valence-electron chi connectivity index (χ2n) is 3.33. The zero-order valence-corrected chi connectivity index (χ0v) is 8.61. The third-order valence-corrected chi connectivity index (χ3v) is 2.34. The molecule has 1 aromatic heterocycles. The number of nitrogens with one attached hydrogen (secondary N) is 1. The van der Waals surface area contributed by atoms with E-state index in [1.54, 1.807) is 6.92 Å². The normalized spacial score (nSPS) is 10.1. The molecule has 1 heterocycles. The summed E-state index contributed by atoms with van der Waals surface area (Å²) in [7, 11) is 0. The molecule has 0 amide bonds. The van der Waals surface area contributed by atoms with E-state index in [4.69, 9.17) is 10.2 Å². The summed E-state index contributed by atoms with van der Waals surface area (Å²) in [6.07, 6.45) is 0.441. The van der Waals surface area contributed by atoms with Gasteiger partial charge in [0, 0.05) is 6.42 Å². The van der Waals surface area contributed by atoms with Crippen molar-refractivity contribution in [3.63, 3.8) is 0 Å². The lowest BCUT2D eigenvalue weighted by molar-refractivity contribution is -0.136. The van der Waals surface area contributed by atoms with Crippen molar-refractivity contribution in [2.75, 3.05) is 0 Å². The van der Waals surface area contributed by atoms with Crippen LogP contribution in [0.4, 0.5) is 0 Å². The molecule has 0 radical (unpaired) electrons. The van der Waals surface area contributed by atoms with Gasteiger partial charge in [-0.05, 0) is 24.5 Å². The molecule has 0 aliphatic rings. The molecular weight excluding hydrogens is 214 g/mol. The van der Waals surface area contributed by atoms with Crippen molar-refractivity contribution in [1.82, 2.24) is 4.98 Å². The molecule has 0 spiro atoms. The fourth-order valence-corrected chi connectivity index (χ4v) is 1.50. The van der Waals surface area contributed by atoms with Crippen LogP contribution in [0.1, 0.15) is 38.5 Å². The maximum atomic E-state index is 10.9. The van der Waals surface area contributed by atoms with Crippen molar-refractivity contribution in [2.45, 2.75) is 19.8 Å². The van der Waals surface area contributed by atoms with Crippen molar-refractivity contribution in [2.24, 2.45) is 0 Å². The Kier molecular flexibility index (Phi) is 3.44. The predicted octanol–water partition coefficient (Wildman–Crippen LogP) is 0.851. The van der Waals surface area contributed by atoms with E-state index in [1.165, 1.54) is 0 Å². The summed E-state index contributed by atoms with van der Waals surface area (Å²) in [6, 6.07) is 0. The van der Waals surface area contributed by atoms with E-state index in [-0.39, 0.29) is 24.2 Å². The number of hydrogen-bond acceptors (Lipinski definition) is 3. The second-order valence-corrected chi connectivity index (χ2v) is 3.33. The summed E-state index contributed by atoms with van der Waals surface area (Å²) in [5, 5.41) is 17.4. The van der Waals surface area contributed by atoms with E-state index in [0.717, 1.165) is 0 Å². The Morgan fingerprint density at radius 3 is 2.44 bits per heavy atom. The van der Waals surface area contributed by atoms with Gasteiger partial charge in [-0.2, -0.15) is 0 Å². The smallest absolute Gasteiger partial charge is 0.352 e. The largest absolute Gasteiger partial charge is 0.481 e. The van der Waals surface area contributed by atoms with E-state index in [0.29, 0.717) is 17.4 Å². The summed E-state index contributed by atoms with van der Waals surface area (Å²) in [5.41, 5.74) is 0.935. The summed E-state index contributed by atoms with van der Waals surface area (Å²) in [4.78, 5) is 34.3. The molecule has 0 bridgehead atoms. The van der Waals surface area contributed by atoms with Crippen LogP contribution in [-0.2, 0) is 11.2 Å². The Morgan fingerprint density at radius 1 is 1.38 bits per heavy atom. The van der Waals surface area contributed by atoms with Crippen LogP contribution in [0.15, 0.2) is 0 Å². The molecule has 0 aliphatic carbocycles. The number of carbonyl (C=O) groups excluding carboxylic acids is 1. The molecule has 0 unspecified atom stereocenters. The molecule has 86 valence electrons. The van der Waals surface area contributed by atoms with Crippen LogP contribution in [0.25, 0.3) is 0 Å². The molecule has 0 saturated carbocycles. The van der Waals surface area contributed by atoms with Crippen LogP contribution in [0.2, 0.25) is 0 Å². The number of aliphatic carboxylic acids is 1. The topological polar surface area (TPSA) is 107 Å². The second kappa shape index (κ2) is 4.61. The van der Waals surface area contributed by atoms with Gasteiger partial charge in [-0.3, -0.25) is 9.59 Å². The third kappa shape index (κ3) is 2.28. The fraction of sp³-hybridized carbons (Fsp3) is 0.300. The molecule has 0 fully saturated rings. The van der Waals surface area contributed by atoms with Crippen molar-refractivity contribution in [1.29, 1.82) is 0 Å². The first kappa shape index (κ1) is 12.0. The van der Waals surface area contributed by atoms with Gasteiger partial charge >= 0.3 is 11.9 Å². The predicted molar refractivity (Wildman–Crippen MR) is 53.8 cm³/mol. The number of H-pyrrole nitrogens is 1. The lowest BCUT2D eigenvalue weighted by Gasteiger charge is -1.99. The molecule has 3 N–H and O–H groups in total. The molecule has 1 aromatic rings. The van der Waals surface area contributed by atoms with Crippen LogP contribution < -0.4 is 0 Å². The summed E-state index contributed by atoms with van der Waals surface area (Å²) < 4.78 is 0. The van der Waals surface area contributed by atoms with E-state index < -0.39 is 11.9 Å². The minimum Gasteiger partial charge on any atom is -0.481 e. The summed E-state index contributed by atoms with van der Waals surface area (Å²) in [5.74, 6) is -2.21. The Morgan fingerprint density at radius 2 is 2.00 bits per heavy atom. The maximum absolute atomic E-state index is 10.9. The first-order valence-corrected chi connectivity index (χ1v) is 4.59. The molecule has 6 heteroatoms. The molecular formula is C10H11NO5. The Bertz CT molecular complexity index is 446. The number of aromatic carboxylic acids is 1. The van der Waals surface area contributed by atoms with Crippen molar-refractivity contribution < 1.29 is 24.6 Å². The number of carboxylic acids is 2. The van der Waals surface area contributed by atoms with Gasteiger partial charge in [0.1, 0.15) is 5.69 Å². The highest BCUT2D eigenvalue weighted by Gasteiger charge is 2.19. The molecule has 0 aliphatic heterocycles. The number of carboxylic acid groups (broad SMARTS) is 2. The van der Waals surface area contributed by atoms with Crippen molar-refractivity contribution in [3.05, 3.63) is 22.5 Å². The van der Waals surface area contributed by atoms with Gasteiger partial charge in [-0.15, -0.1) is 0 Å². The van der Waals surface area contributed by atoms with E-state index in [2.05, 4.69) is 4.98 Å². The van der Waals surface area contributed by atoms with Gasteiger partial charge in [-0.1, -0.05) is 0 Å². The van der Waals surface area contributed by atoms with Gasteiger partial charge in [-0.25, -0.2) is 4.79 Å². The van der Waals surface area contributed by atoms with Crippen molar-refractivity contribution in [3.8, 4) is 0 Å². The Balaban J connectivity index is 3.12. The Hall–Kier alpha value is -2.11. The first-order valence-electron chi connectivity index (χ1n) is 4.59. The number of rotatable bonds is 5. The lowest BCUT2D eigenvalue weighted by Crippen LogP contribution is -2.04. The van der Waals surface area contributed by atoms with E-state index in [1.807, 2.05) is 0 Å². The third-order valence-electron chi connectivity index (χ3n) is 2.34. The zero-order valence-electron chi connectivity index (χ0n) is 8.61. The highest BCUT2D eigenvalue weighted by atomic mass is 16.4. The van der Waals surface area contributed by atoms with Crippen LogP contribution in [0.3, 0.4) is 0 Å². The number of aromatic amines is 1. The molecule has 1 rings (SSSR count). The van der Waals surface area contributed by atoms with Gasteiger partial charge in [0.2, 0.25) is 0 Å². The maximum Gasteiger partial charge on any atom is 0.352 e. The number of aldehydes is 1. The first-order chi connectivity index (χ1) is 7.47. The number of aromatic nitrogens is 1. The van der Waals surface area contributed by atoms with Crippen LogP contribution in [0.5, 0.6) is 0 Å². The average Bonchev–Trinajstić information content (AvgIpc) is 2.52. The van der Waals surface area contributed by atoms with E-state index >= 15 is 0 Å². The highest BCUT2D eigenvalue weighted by molar-refractivity contribution is 5.91. The molecule has 6 nitrogen and oxygen atoms in total. The number of carbonyl (C=O) groups is 3. The van der Waals surface area contributed by atoms with Crippen LogP contribution >= 0.6 is 0 Å². The average molecular weight is 225 g/mol. The minimum atomic E-state index is -1.20. The summed E-state index contributed by atoms with van der Waals surface area (Å²) >= 11 is 0. The highest BCUT2D eigenvalue weighted by Crippen LogP contribution is 2.19. The standard InChI is InChI=1S/C10H11NO5/c1-5-6(2-3-8(13)14)9(10(15)16)11-7(5)4-12/h4,11H,2-3H2,1H3,(H,13,14)(H,15,16).